The highest BCUT2D eigenvalue weighted by Gasteiger charge is 2.34. The van der Waals surface area contributed by atoms with Crippen LogP contribution in [0.1, 0.15) is 6.42 Å². The smallest absolute Gasteiger partial charge is 0.320 e. The van der Waals surface area contributed by atoms with Gasteiger partial charge in [0.15, 0.2) is 9.84 Å². The Labute approximate surface area is 122 Å². The van der Waals surface area contributed by atoms with Gasteiger partial charge in [0, 0.05) is 31.1 Å². The Hall–Kier alpha value is -0.960. The van der Waals surface area contributed by atoms with Crippen molar-refractivity contribution in [3.05, 3.63) is 0 Å². The minimum Gasteiger partial charge on any atom is -0.481 e. The lowest BCUT2D eigenvalue weighted by Gasteiger charge is -2.39. The van der Waals surface area contributed by atoms with E-state index in [2.05, 4.69) is 0 Å². The van der Waals surface area contributed by atoms with Crippen LogP contribution in [-0.4, -0.2) is 84.0 Å². The molecule has 0 aromatic heterocycles. The number of carbonyl (C=O) groups is 2. The van der Waals surface area contributed by atoms with Crippen molar-refractivity contribution in [2.75, 3.05) is 42.6 Å². The summed E-state index contributed by atoms with van der Waals surface area (Å²) in [5.74, 6) is 0.463. The second-order valence-electron chi connectivity index (χ2n) is 4.94. The van der Waals surface area contributed by atoms with Crippen molar-refractivity contribution < 1.29 is 23.1 Å². The zero-order valence-corrected chi connectivity index (χ0v) is 12.7. The van der Waals surface area contributed by atoms with Gasteiger partial charge < -0.3 is 14.9 Å². The largest absolute Gasteiger partial charge is 0.481 e. The van der Waals surface area contributed by atoms with Crippen molar-refractivity contribution in [2.45, 2.75) is 12.5 Å². The predicted octanol–water partition coefficient (Wildman–Crippen LogP) is -0.271. The average Bonchev–Trinajstić information content (AvgIpc) is 2.38. The van der Waals surface area contributed by atoms with Crippen LogP contribution in [0.15, 0.2) is 0 Å². The fraction of sp³-hybridized carbons (Fsp3) is 0.818. The summed E-state index contributed by atoms with van der Waals surface area (Å²) in [6.45, 7) is 0.917. The lowest BCUT2D eigenvalue weighted by molar-refractivity contribution is -0.138. The quantitative estimate of drug-likeness (QED) is 0.752. The van der Waals surface area contributed by atoms with Crippen LogP contribution in [0.3, 0.4) is 0 Å². The van der Waals surface area contributed by atoms with Crippen LogP contribution in [0, 0.1) is 0 Å². The SMILES string of the molecule is O=C(O)CC1CSCCN1C(=O)N1CCS(=O)(=O)CC1. The zero-order chi connectivity index (χ0) is 14.8. The third-order valence-corrected chi connectivity index (χ3v) is 6.20. The number of carboxylic acids is 1. The van der Waals surface area contributed by atoms with E-state index in [1.54, 1.807) is 16.7 Å². The number of aliphatic carboxylic acids is 1. The predicted molar refractivity (Wildman–Crippen MR) is 75.7 cm³/mol. The highest BCUT2D eigenvalue weighted by atomic mass is 32.2. The second-order valence-corrected chi connectivity index (χ2v) is 8.39. The van der Waals surface area contributed by atoms with E-state index in [1.807, 2.05) is 0 Å². The minimum absolute atomic E-state index is 0.00900. The molecule has 0 bridgehead atoms. The monoisotopic (exact) mass is 322 g/mol. The molecule has 2 saturated heterocycles. The second kappa shape index (κ2) is 6.21. The van der Waals surface area contributed by atoms with Gasteiger partial charge in [-0.2, -0.15) is 11.8 Å². The molecule has 20 heavy (non-hydrogen) atoms. The summed E-state index contributed by atoms with van der Waals surface area (Å²) in [5, 5.41) is 8.90. The molecule has 2 fully saturated rings. The molecule has 0 aromatic carbocycles. The van der Waals surface area contributed by atoms with Crippen LogP contribution in [0.25, 0.3) is 0 Å². The zero-order valence-electron chi connectivity index (χ0n) is 11.0. The lowest BCUT2D eigenvalue weighted by Crippen LogP contribution is -2.55. The third-order valence-electron chi connectivity index (χ3n) is 3.50. The summed E-state index contributed by atoms with van der Waals surface area (Å²) in [6, 6.07) is -0.538. The van der Waals surface area contributed by atoms with Gasteiger partial charge in [-0.15, -0.1) is 0 Å². The standard InChI is InChI=1S/C11H18N2O5S2/c14-10(15)7-9-8-19-4-1-13(9)11(16)12-2-5-20(17,18)6-3-12/h9H,1-8H2,(H,14,15). The number of carbonyl (C=O) groups excluding carboxylic acids is 1. The van der Waals surface area contributed by atoms with Gasteiger partial charge in [0.2, 0.25) is 0 Å². The molecule has 2 aliphatic rings. The van der Waals surface area contributed by atoms with Crippen LogP contribution in [0.5, 0.6) is 0 Å². The minimum atomic E-state index is -3.02. The van der Waals surface area contributed by atoms with Crippen LogP contribution in [0.2, 0.25) is 0 Å². The molecule has 0 radical (unpaired) electrons. The molecule has 1 N–H and O–H groups in total. The first-order chi connectivity index (χ1) is 9.39. The van der Waals surface area contributed by atoms with Gasteiger partial charge in [-0.3, -0.25) is 4.79 Å². The molecule has 2 aliphatic heterocycles. The maximum Gasteiger partial charge on any atom is 0.320 e. The molecule has 0 spiro atoms. The Bertz CT molecular complexity index is 479. The molecule has 2 rings (SSSR count). The summed E-state index contributed by atoms with van der Waals surface area (Å²) in [6.07, 6.45) is -0.0646. The average molecular weight is 322 g/mol. The first-order valence-electron chi connectivity index (χ1n) is 6.44. The molecule has 0 aromatic rings. The van der Waals surface area contributed by atoms with Crippen molar-refractivity contribution in [3.63, 3.8) is 0 Å². The van der Waals surface area contributed by atoms with Crippen molar-refractivity contribution in [2.24, 2.45) is 0 Å². The maximum atomic E-state index is 12.4. The number of sulfone groups is 1. The highest BCUT2D eigenvalue weighted by Crippen LogP contribution is 2.21. The fourth-order valence-electron chi connectivity index (χ4n) is 2.36. The number of amides is 2. The molecule has 2 heterocycles. The van der Waals surface area contributed by atoms with E-state index >= 15 is 0 Å². The number of rotatable bonds is 2. The molecular weight excluding hydrogens is 304 g/mol. The van der Waals surface area contributed by atoms with Crippen LogP contribution >= 0.6 is 11.8 Å². The number of nitrogens with zero attached hydrogens (tertiary/aromatic N) is 2. The Morgan fingerprint density at radius 1 is 1.20 bits per heavy atom. The molecule has 0 saturated carbocycles. The number of hydrogen-bond donors (Lipinski definition) is 1. The topological polar surface area (TPSA) is 95.0 Å². The van der Waals surface area contributed by atoms with E-state index in [4.69, 9.17) is 5.11 Å². The Morgan fingerprint density at radius 2 is 1.85 bits per heavy atom. The Balaban J connectivity index is 2.01. The van der Waals surface area contributed by atoms with Gasteiger partial charge in [-0.25, -0.2) is 13.2 Å². The van der Waals surface area contributed by atoms with Crippen LogP contribution < -0.4 is 0 Å². The van der Waals surface area contributed by atoms with Gasteiger partial charge in [-0.05, 0) is 0 Å². The summed E-state index contributed by atoms with van der Waals surface area (Å²) < 4.78 is 22.7. The maximum absolute atomic E-state index is 12.4. The molecular formula is C11H18N2O5S2. The summed E-state index contributed by atoms with van der Waals surface area (Å²) in [4.78, 5) is 26.4. The van der Waals surface area contributed by atoms with Gasteiger partial charge in [0.25, 0.3) is 0 Å². The van der Waals surface area contributed by atoms with E-state index in [9.17, 15) is 18.0 Å². The van der Waals surface area contributed by atoms with Gasteiger partial charge in [0.05, 0.1) is 24.0 Å². The Morgan fingerprint density at radius 3 is 2.45 bits per heavy atom. The van der Waals surface area contributed by atoms with Crippen LogP contribution in [0.4, 0.5) is 4.79 Å². The first kappa shape index (κ1) is 15.4. The molecule has 114 valence electrons. The number of thioether (sulfide) groups is 1. The molecule has 1 atom stereocenters. The van der Waals surface area contributed by atoms with E-state index in [-0.39, 0.29) is 43.1 Å². The summed E-state index contributed by atoms with van der Waals surface area (Å²) in [7, 11) is -3.02. The molecule has 0 aliphatic carbocycles. The highest BCUT2D eigenvalue weighted by molar-refractivity contribution is 7.99. The van der Waals surface area contributed by atoms with Crippen molar-refractivity contribution in [1.29, 1.82) is 0 Å². The summed E-state index contributed by atoms with van der Waals surface area (Å²) in [5.41, 5.74) is 0. The normalized spacial score (nSPS) is 26.3. The summed E-state index contributed by atoms with van der Waals surface area (Å²) >= 11 is 1.64. The van der Waals surface area contributed by atoms with Crippen molar-refractivity contribution >= 4 is 33.6 Å². The number of urea groups is 1. The van der Waals surface area contributed by atoms with E-state index in [0.717, 1.165) is 5.75 Å². The van der Waals surface area contributed by atoms with Gasteiger partial charge in [0.1, 0.15) is 0 Å². The van der Waals surface area contributed by atoms with Crippen molar-refractivity contribution in [3.8, 4) is 0 Å². The first-order valence-corrected chi connectivity index (χ1v) is 9.42. The van der Waals surface area contributed by atoms with E-state index < -0.39 is 15.8 Å². The van der Waals surface area contributed by atoms with Gasteiger partial charge in [-0.1, -0.05) is 0 Å². The third kappa shape index (κ3) is 3.78. The Kier molecular flexibility index (Phi) is 4.79. The lowest BCUT2D eigenvalue weighted by atomic mass is 10.2. The molecule has 9 heteroatoms. The molecule has 2 amide bonds. The van der Waals surface area contributed by atoms with E-state index in [0.29, 0.717) is 12.3 Å². The fourth-order valence-corrected chi connectivity index (χ4v) is 4.63. The van der Waals surface area contributed by atoms with Crippen LogP contribution in [-0.2, 0) is 14.6 Å². The van der Waals surface area contributed by atoms with Crippen molar-refractivity contribution in [1.82, 2.24) is 9.80 Å². The molecule has 1 unspecified atom stereocenters. The number of hydrogen-bond acceptors (Lipinski definition) is 5. The molecule has 7 nitrogen and oxygen atoms in total. The number of carboxylic acid groups (broad SMARTS) is 1. The van der Waals surface area contributed by atoms with E-state index in [1.165, 1.54) is 4.90 Å². The van der Waals surface area contributed by atoms with Gasteiger partial charge >= 0.3 is 12.0 Å².